The number of fused-ring (bicyclic) bond motifs is 3. The van der Waals surface area contributed by atoms with Gasteiger partial charge in [0, 0.05) is 19.6 Å². The molecule has 6 nitrogen and oxygen atoms in total. The van der Waals surface area contributed by atoms with Crippen LogP contribution in [-0.4, -0.2) is 24.1 Å². The second-order valence-electron chi connectivity index (χ2n) is 8.64. The lowest BCUT2D eigenvalue weighted by Gasteiger charge is -2.31. The molecule has 1 unspecified atom stereocenters. The van der Waals surface area contributed by atoms with Crippen molar-refractivity contribution in [3.8, 4) is 0 Å². The van der Waals surface area contributed by atoms with Gasteiger partial charge < -0.3 is 0 Å². The number of para-hydroxylation sites is 1. The van der Waals surface area contributed by atoms with Crippen LogP contribution < -0.4 is 5.56 Å². The SMILES string of the molecule is CCC(c1ccc(F)cc1)N(Cc1cccc(F)c1)Cc1nnc2n(C)c(=O)c3ccccc3n12. The minimum Gasteiger partial charge on any atom is -0.285 e. The quantitative estimate of drug-likeness (QED) is 0.333. The van der Waals surface area contributed by atoms with E-state index in [1.807, 2.05) is 28.7 Å². The van der Waals surface area contributed by atoms with Crippen molar-refractivity contribution < 1.29 is 8.78 Å². The molecule has 0 aliphatic heterocycles. The average molecular weight is 474 g/mol. The van der Waals surface area contributed by atoms with Crippen molar-refractivity contribution in [3.63, 3.8) is 0 Å². The maximum absolute atomic E-state index is 14.0. The van der Waals surface area contributed by atoms with Crippen molar-refractivity contribution in [3.05, 3.63) is 112 Å². The van der Waals surface area contributed by atoms with Gasteiger partial charge >= 0.3 is 0 Å². The molecule has 0 saturated carbocycles. The molecule has 2 aromatic heterocycles. The molecule has 35 heavy (non-hydrogen) atoms. The highest BCUT2D eigenvalue weighted by Crippen LogP contribution is 2.28. The summed E-state index contributed by atoms with van der Waals surface area (Å²) >= 11 is 0. The van der Waals surface area contributed by atoms with Crippen molar-refractivity contribution in [1.82, 2.24) is 24.1 Å². The molecule has 0 saturated heterocycles. The Kier molecular flexibility index (Phi) is 6.13. The summed E-state index contributed by atoms with van der Waals surface area (Å²) in [5.41, 5.74) is 2.36. The topological polar surface area (TPSA) is 55.4 Å². The van der Waals surface area contributed by atoms with Gasteiger partial charge in [0.15, 0.2) is 5.82 Å². The third-order valence-electron chi connectivity index (χ3n) is 6.39. The first-order valence-electron chi connectivity index (χ1n) is 11.5. The van der Waals surface area contributed by atoms with Crippen molar-refractivity contribution in [1.29, 1.82) is 0 Å². The number of aromatic nitrogens is 4. The molecule has 5 rings (SSSR count). The summed E-state index contributed by atoms with van der Waals surface area (Å²) in [7, 11) is 1.68. The summed E-state index contributed by atoms with van der Waals surface area (Å²) in [5, 5.41) is 9.34. The molecular weight excluding hydrogens is 448 g/mol. The number of hydrogen-bond donors (Lipinski definition) is 0. The molecular formula is C27H25F2N5O. The molecule has 0 aliphatic rings. The van der Waals surface area contributed by atoms with Gasteiger partial charge in [-0.2, -0.15) is 0 Å². The Labute approximate surface area is 201 Å². The van der Waals surface area contributed by atoms with Crippen LogP contribution >= 0.6 is 0 Å². The van der Waals surface area contributed by atoms with E-state index in [1.165, 1.54) is 28.8 Å². The Hall–Kier alpha value is -3.91. The zero-order valence-electron chi connectivity index (χ0n) is 19.5. The fourth-order valence-corrected chi connectivity index (χ4v) is 4.71. The van der Waals surface area contributed by atoms with Gasteiger partial charge in [0.25, 0.3) is 5.56 Å². The van der Waals surface area contributed by atoms with Crippen LogP contribution in [0.5, 0.6) is 0 Å². The fourth-order valence-electron chi connectivity index (χ4n) is 4.71. The Morgan fingerprint density at radius 2 is 1.69 bits per heavy atom. The average Bonchev–Trinajstić information content (AvgIpc) is 3.28. The molecule has 0 amide bonds. The van der Waals surface area contributed by atoms with Crippen LogP contribution in [0.25, 0.3) is 16.7 Å². The first-order valence-corrected chi connectivity index (χ1v) is 11.5. The lowest BCUT2D eigenvalue weighted by atomic mass is 10.0. The number of halogens is 2. The van der Waals surface area contributed by atoms with Crippen LogP contribution in [0.2, 0.25) is 0 Å². The summed E-state index contributed by atoms with van der Waals surface area (Å²) in [6, 6.07) is 20.3. The molecule has 0 bridgehead atoms. The van der Waals surface area contributed by atoms with Crippen LogP contribution in [0.3, 0.4) is 0 Å². The summed E-state index contributed by atoms with van der Waals surface area (Å²) in [6.07, 6.45) is 0.747. The van der Waals surface area contributed by atoms with Crippen LogP contribution in [0.1, 0.15) is 36.3 Å². The highest BCUT2D eigenvalue weighted by Gasteiger charge is 2.23. The molecule has 0 radical (unpaired) electrons. The van der Waals surface area contributed by atoms with E-state index < -0.39 is 0 Å². The van der Waals surface area contributed by atoms with E-state index in [1.54, 1.807) is 31.3 Å². The maximum Gasteiger partial charge on any atom is 0.262 e. The zero-order chi connectivity index (χ0) is 24.5. The Morgan fingerprint density at radius 3 is 2.43 bits per heavy atom. The first-order chi connectivity index (χ1) is 17.0. The number of nitrogens with zero attached hydrogens (tertiary/aromatic N) is 5. The molecule has 8 heteroatoms. The summed E-state index contributed by atoms with van der Waals surface area (Å²) in [5.74, 6) is 0.510. The second-order valence-corrected chi connectivity index (χ2v) is 8.64. The van der Waals surface area contributed by atoms with Crippen LogP contribution in [0.4, 0.5) is 8.78 Å². The lowest BCUT2D eigenvalue weighted by Crippen LogP contribution is -2.29. The maximum atomic E-state index is 14.0. The molecule has 0 aliphatic carbocycles. The van der Waals surface area contributed by atoms with Gasteiger partial charge in [0.05, 0.1) is 17.4 Å². The van der Waals surface area contributed by atoms with Crippen molar-refractivity contribution in [2.24, 2.45) is 7.05 Å². The van der Waals surface area contributed by atoms with Crippen LogP contribution in [0, 0.1) is 11.6 Å². The molecule has 5 aromatic rings. The highest BCUT2D eigenvalue weighted by atomic mass is 19.1. The van der Waals surface area contributed by atoms with Gasteiger partial charge in [0.2, 0.25) is 5.78 Å². The molecule has 0 N–H and O–H groups in total. The second kappa shape index (κ2) is 9.38. The van der Waals surface area contributed by atoms with Crippen molar-refractivity contribution >= 4 is 16.7 Å². The summed E-state index contributed by atoms with van der Waals surface area (Å²) in [4.78, 5) is 15.0. The van der Waals surface area contributed by atoms with E-state index in [0.717, 1.165) is 23.1 Å². The molecule has 1 atom stereocenters. The van der Waals surface area contributed by atoms with E-state index in [2.05, 4.69) is 22.0 Å². The minimum absolute atomic E-state index is 0.0787. The van der Waals surface area contributed by atoms with E-state index >= 15 is 0 Å². The largest absolute Gasteiger partial charge is 0.285 e. The summed E-state index contributed by atoms with van der Waals surface area (Å²) in [6.45, 7) is 2.90. The Bertz CT molecular complexity index is 1560. The van der Waals surface area contributed by atoms with E-state index in [0.29, 0.717) is 30.1 Å². The number of aryl methyl sites for hydroxylation is 1. The third kappa shape index (κ3) is 4.33. The minimum atomic E-state index is -0.300. The zero-order valence-corrected chi connectivity index (χ0v) is 19.5. The van der Waals surface area contributed by atoms with Gasteiger partial charge in [-0.1, -0.05) is 43.3 Å². The van der Waals surface area contributed by atoms with Crippen molar-refractivity contribution in [2.75, 3.05) is 0 Å². The Balaban J connectivity index is 1.63. The van der Waals surface area contributed by atoms with E-state index in [4.69, 9.17) is 0 Å². The van der Waals surface area contributed by atoms with Gasteiger partial charge in [-0.3, -0.25) is 18.7 Å². The molecule has 0 spiro atoms. The van der Waals surface area contributed by atoms with Gasteiger partial charge in [-0.15, -0.1) is 10.2 Å². The number of rotatable bonds is 7. The molecule has 0 fully saturated rings. The summed E-state index contributed by atoms with van der Waals surface area (Å²) < 4.78 is 31.0. The predicted molar refractivity (Wildman–Crippen MR) is 131 cm³/mol. The van der Waals surface area contributed by atoms with Gasteiger partial charge in [-0.05, 0) is 53.9 Å². The Morgan fingerprint density at radius 1 is 0.914 bits per heavy atom. The lowest BCUT2D eigenvalue weighted by molar-refractivity contribution is 0.168. The molecule has 178 valence electrons. The van der Waals surface area contributed by atoms with Crippen LogP contribution in [-0.2, 0) is 20.1 Å². The fraction of sp³-hybridized carbons (Fsp3) is 0.222. The third-order valence-corrected chi connectivity index (χ3v) is 6.39. The van der Waals surface area contributed by atoms with Gasteiger partial charge in [0.1, 0.15) is 11.6 Å². The predicted octanol–water partition coefficient (Wildman–Crippen LogP) is 5.01. The highest BCUT2D eigenvalue weighted by molar-refractivity contribution is 5.80. The number of benzene rings is 3. The van der Waals surface area contributed by atoms with Crippen LogP contribution in [0.15, 0.2) is 77.6 Å². The molecule has 2 heterocycles. The number of hydrogen-bond acceptors (Lipinski definition) is 4. The first kappa shape index (κ1) is 22.9. The molecule has 3 aromatic carbocycles. The monoisotopic (exact) mass is 473 g/mol. The smallest absolute Gasteiger partial charge is 0.262 e. The van der Waals surface area contributed by atoms with E-state index in [9.17, 15) is 13.6 Å². The van der Waals surface area contributed by atoms with Gasteiger partial charge in [-0.25, -0.2) is 8.78 Å². The normalized spacial score (nSPS) is 12.6. The standard InChI is InChI=1S/C27H25F2N5O/c1-3-23(19-11-13-20(28)14-12-19)33(16-18-7-6-8-21(29)15-18)17-25-30-31-27-32(2)26(35)22-9-4-5-10-24(22)34(25)27/h4-15,23H,3,16-17H2,1-2H3. The van der Waals surface area contributed by atoms with E-state index in [-0.39, 0.29) is 23.2 Å². The van der Waals surface area contributed by atoms with Crippen molar-refractivity contribution in [2.45, 2.75) is 32.5 Å².